The van der Waals surface area contributed by atoms with E-state index in [0.29, 0.717) is 11.7 Å². The molecule has 0 atom stereocenters. The summed E-state index contributed by atoms with van der Waals surface area (Å²) in [7, 11) is 0. The minimum atomic E-state index is -0.161. The van der Waals surface area contributed by atoms with Gasteiger partial charge in [-0.2, -0.15) is 0 Å². The highest BCUT2D eigenvalue weighted by Gasteiger charge is 2.18. The Balaban J connectivity index is 1.81. The van der Waals surface area contributed by atoms with Gasteiger partial charge in [-0.1, -0.05) is 42.0 Å². The number of benzene rings is 2. The van der Waals surface area contributed by atoms with E-state index in [1.807, 2.05) is 44.4 Å². The van der Waals surface area contributed by atoms with Gasteiger partial charge in [0.2, 0.25) is 0 Å². The molecule has 1 N–H and O–H groups in total. The number of rotatable bonds is 4. The highest BCUT2D eigenvalue weighted by molar-refractivity contribution is 7.14. The van der Waals surface area contributed by atoms with Crippen molar-refractivity contribution >= 4 is 28.2 Å². The number of thiazole rings is 1. The minimum absolute atomic E-state index is 0.161. The van der Waals surface area contributed by atoms with Gasteiger partial charge in [-0.25, -0.2) is 9.78 Å². The first-order valence-corrected chi connectivity index (χ1v) is 9.54. The number of aryl methyl sites for hydroxylation is 3. The first-order valence-electron chi connectivity index (χ1n) is 8.66. The van der Waals surface area contributed by atoms with E-state index in [9.17, 15) is 4.79 Å². The van der Waals surface area contributed by atoms with Crippen LogP contribution < -0.4 is 10.2 Å². The summed E-state index contributed by atoms with van der Waals surface area (Å²) in [6.45, 7) is 8.57. The molecule has 2 amide bonds. The Kier molecular flexibility index (Phi) is 5.38. The Labute approximate surface area is 158 Å². The smallest absolute Gasteiger partial charge is 0.307 e. The Morgan fingerprint density at radius 2 is 1.77 bits per heavy atom. The molecule has 0 bridgehead atoms. The van der Waals surface area contributed by atoms with E-state index in [1.165, 1.54) is 16.9 Å². The van der Waals surface area contributed by atoms with Crippen molar-refractivity contribution in [3.8, 4) is 11.3 Å². The summed E-state index contributed by atoms with van der Waals surface area (Å²) < 4.78 is 0. The van der Waals surface area contributed by atoms with Crippen LogP contribution in [0.4, 0.5) is 15.6 Å². The molecule has 0 saturated carbocycles. The molecule has 2 aromatic carbocycles. The van der Waals surface area contributed by atoms with Gasteiger partial charge in [0, 0.05) is 23.2 Å². The van der Waals surface area contributed by atoms with E-state index in [1.54, 1.807) is 4.90 Å². The topological polar surface area (TPSA) is 45.2 Å². The Bertz CT molecular complexity index is 915. The Morgan fingerprint density at radius 1 is 1.08 bits per heavy atom. The van der Waals surface area contributed by atoms with Crippen LogP contribution in [0.2, 0.25) is 0 Å². The van der Waals surface area contributed by atoms with Crippen LogP contribution in [0, 0.1) is 20.8 Å². The maximum Gasteiger partial charge on any atom is 0.328 e. The summed E-state index contributed by atoms with van der Waals surface area (Å²) in [5, 5.41) is 5.70. The second-order valence-electron chi connectivity index (χ2n) is 6.37. The second-order valence-corrected chi connectivity index (χ2v) is 7.21. The van der Waals surface area contributed by atoms with E-state index in [4.69, 9.17) is 0 Å². The fourth-order valence-electron chi connectivity index (χ4n) is 2.66. The summed E-state index contributed by atoms with van der Waals surface area (Å²) in [4.78, 5) is 19.1. The molecule has 1 aromatic heterocycles. The van der Waals surface area contributed by atoms with E-state index in [-0.39, 0.29) is 6.03 Å². The van der Waals surface area contributed by atoms with Crippen molar-refractivity contribution in [2.75, 3.05) is 16.8 Å². The second kappa shape index (κ2) is 7.70. The number of aromatic nitrogens is 1. The summed E-state index contributed by atoms with van der Waals surface area (Å²) in [6.07, 6.45) is 0. The lowest BCUT2D eigenvalue weighted by molar-refractivity contribution is 0.257. The van der Waals surface area contributed by atoms with E-state index in [2.05, 4.69) is 41.5 Å². The van der Waals surface area contributed by atoms with Gasteiger partial charge in [0.1, 0.15) is 0 Å². The normalized spacial score (nSPS) is 10.6. The lowest BCUT2D eigenvalue weighted by Gasteiger charge is -2.19. The van der Waals surface area contributed by atoms with Crippen LogP contribution in [0.3, 0.4) is 0 Å². The first-order chi connectivity index (χ1) is 12.5. The standard InChI is InChI=1S/C21H23N3OS/c1-5-24(20(25)22-18-12-15(3)6-9-16(18)4)21-23-19(13-26-21)17-10-7-14(2)8-11-17/h6-13H,5H2,1-4H3,(H,22,25). The van der Waals surface area contributed by atoms with Crippen molar-refractivity contribution in [3.63, 3.8) is 0 Å². The average Bonchev–Trinajstić information content (AvgIpc) is 3.09. The van der Waals surface area contributed by atoms with Crippen LogP contribution in [0.5, 0.6) is 0 Å². The van der Waals surface area contributed by atoms with Crippen molar-refractivity contribution in [1.29, 1.82) is 0 Å². The van der Waals surface area contributed by atoms with Gasteiger partial charge in [-0.05, 0) is 44.9 Å². The molecule has 0 saturated heterocycles. The highest BCUT2D eigenvalue weighted by atomic mass is 32.1. The fourth-order valence-corrected chi connectivity index (χ4v) is 3.56. The molecule has 0 aliphatic rings. The summed E-state index contributed by atoms with van der Waals surface area (Å²) in [5.41, 5.74) is 6.16. The van der Waals surface area contributed by atoms with Crippen LogP contribution >= 0.6 is 11.3 Å². The number of anilines is 2. The van der Waals surface area contributed by atoms with E-state index in [0.717, 1.165) is 28.1 Å². The molecular formula is C21H23N3OS. The minimum Gasteiger partial charge on any atom is -0.307 e. The molecule has 5 heteroatoms. The molecule has 26 heavy (non-hydrogen) atoms. The molecule has 0 aliphatic heterocycles. The SMILES string of the molecule is CCN(C(=O)Nc1cc(C)ccc1C)c1nc(-c2ccc(C)cc2)cs1. The van der Waals surface area contributed by atoms with E-state index < -0.39 is 0 Å². The summed E-state index contributed by atoms with van der Waals surface area (Å²) in [5.74, 6) is 0. The van der Waals surface area contributed by atoms with Crippen molar-refractivity contribution in [2.45, 2.75) is 27.7 Å². The van der Waals surface area contributed by atoms with Gasteiger partial charge in [-0.15, -0.1) is 11.3 Å². The fraction of sp³-hybridized carbons (Fsp3) is 0.238. The zero-order valence-corrected chi connectivity index (χ0v) is 16.4. The molecule has 0 fully saturated rings. The maximum absolute atomic E-state index is 12.8. The third-order valence-corrected chi connectivity index (χ3v) is 5.13. The van der Waals surface area contributed by atoms with Gasteiger partial charge in [0.15, 0.2) is 5.13 Å². The largest absolute Gasteiger partial charge is 0.328 e. The van der Waals surface area contributed by atoms with Crippen LogP contribution in [-0.2, 0) is 0 Å². The van der Waals surface area contributed by atoms with Crippen LogP contribution in [0.25, 0.3) is 11.3 Å². The number of amides is 2. The molecular weight excluding hydrogens is 342 g/mol. The average molecular weight is 366 g/mol. The number of nitrogens with zero attached hydrogens (tertiary/aromatic N) is 2. The van der Waals surface area contributed by atoms with Crippen LogP contribution in [0.15, 0.2) is 47.8 Å². The first kappa shape index (κ1) is 18.1. The molecule has 3 aromatic rings. The third kappa shape index (κ3) is 3.94. The molecule has 4 nitrogen and oxygen atoms in total. The maximum atomic E-state index is 12.8. The summed E-state index contributed by atoms with van der Waals surface area (Å²) >= 11 is 1.48. The van der Waals surface area contributed by atoms with Gasteiger partial charge >= 0.3 is 6.03 Å². The summed E-state index contributed by atoms with van der Waals surface area (Å²) in [6, 6.07) is 14.1. The zero-order chi connectivity index (χ0) is 18.7. The number of carbonyl (C=O) groups is 1. The van der Waals surface area contributed by atoms with Crippen LogP contribution in [-0.4, -0.2) is 17.6 Å². The monoisotopic (exact) mass is 365 g/mol. The number of nitrogens with one attached hydrogen (secondary N) is 1. The third-order valence-electron chi connectivity index (χ3n) is 4.27. The predicted octanol–water partition coefficient (Wildman–Crippen LogP) is 5.79. The van der Waals surface area contributed by atoms with E-state index >= 15 is 0 Å². The molecule has 0 unspecified atom stereocenters. The Hall–Kier alpha value is -2.66. The van der Waals surface area contributed by atoms with Crippen molar-refractivity contribution in [3.05, 3.63) is 64.5 Å². The number of hydrogen-bond donors (Lipinski definition) is 1. The van der Waals surface area contributed by atoms with Crippen LogP contribution in [0.1, 0.15) is 23.6 Å². The quantitative estimate of drug-likeness (QED) is 0.635. The van der Waals surface area contributed by atoms with Gasteiger partial charge in [0.05, 0.1) is 5.69 Å². The van der Waals surface area contributed by atoms with Gasteiger partial charge < -0.3 is 5.32 Å². The predicted molar refractivity (Wildman–Crippen MR) is 110 cm³/mol. The lowest BCUT2D eigenvalue weighted by atomic mass is 10.1. The Morgan fingerprint density at radius 3 is 2.46 bits per heavy atom. The van der Waals surface area contributed by atoms with Crippen molar-refractivity contribution in [2.24, 2.45) is 0 Å². The zero-order valence-electron chi connectivity index (χ0n) is 15.5. The molecule has 0 radical (unpaired) electrons. The number of hydrogen-bond acceptors (Lipinski definition) is 3. The van der Waals surface area contributed by atoms with Gasteiger partial charge in [0.25, 0.3) is 0 Å². The lowest BCUT2D eigenvalue weighted by Crippen LogP contribution is -2.34. The highest BCUT2D eigenvalue weighted by Crippen LogP contribution is 2.28. The number of carbonyl (C=O) groups excluding carboxylic acids is 1. The molecule has 134 valence electrons. The molecule has 3 rings (SSSR count). The molecule has 0 aliphatic carbocycles. The van der Waals surface area contributed by atoms with Gasteiger partial charge in [-0.3, -0.25) is 4.90 Å². The van der Waals surface area contributed by atoms with Crippen molar-refractivity contribution < 1.29 is 4.79 Å². The molecule has 1 heterocycles. The van der Waals surface area contributed by atoms with Crippen molar-refractivity contribution in [1.82, 2.24) is 4.98 Å². The molecule has 0 spiro atoms. The number of urea groups is 1.